The summed E-state index contributed by atoms with van der Waals surface area (Å²) in [6, 6.07) is 2.54. The second-order valence-corrected chi connectivity index (χ2v) is 4.84. The first kappa shape index (κ1) is 13.4. The summed E-state index contributed by atoms with van der Waals surface area (Å²) in [7, 11) is 0. The van der Waals surface area contributed by atoms with Crippen molar-refractivity contribution >= 4 is 5.97 Å². The summed E-state index contributed by atoms with van der Waals surface area (Å²) in [6.07, 6.45) is 6.19. The van der Waals surface area contributed by atoms with Crippen molar-refractivity contribution in [3.8, 4) is 6.07 Å². The average molecular weight is 258 g/mol. The Balaban J connectivity index is 2.35. The van der Waals surface area contributed by atoms with E-state index in [-0.39, 0.29) is 12.2 Å². The molecular weight excluding hydrogens is 240 g/mol. The third-order valence-electron chi connectivity index (χ3n) is 3.28. The van der Waals surface area contributed by atoms with Crippen LogP contribution in [0.1, 0.15) is 33.6 Å². The number of hydrogen-bond donors (Lipinski definition) is 0. The minimum Gasteiger partial charge on any atom is -0.462 e. The van der Waals surface area contributed by atoms with Crippen LogP contribution >= 0.6 is 0 Å². The lowest BCUT2D eigenvalue weighted by atomic mass is 10.0. The molecule has 2 aliphatic rings. The Labute approximate surface area is 113 Å². The average Bonchev–Trinajstić information content (AvgIpc) is 3.14. The van der Waals surface area contributed by atoms with E-state index >= 15 is 0 Å². The monoisotopic (exact) mass is 258 g/mol. The third-order valence-corrected chi connectivity index (χ3v) is 3.28. The molecule has 4 heteroatoms. The fourth-order valence-electron chi connectivity index (χ4n) is 2.39. The Kier molecular flexibility index (Phi) is 3.75. The molecule has 1 aliphatic carbocycles. The van der Waals surface area contributed by atoms with E-state index in [0.717, 1.165) is 11.4 Å². The van der Waals surface area contributed by atoms with E-state index in [4.69, 9.17) is 10.00 Å². The number of allylic oxidation sites excluding steroid dienone is 5. The predicted molar refractivity (Wildman–Crippen MR) is 71.6 cm³/mol. The van der Waals surface area contributed by atoms with Gasteiger partial charge in [-0.05, 0) is 45.8 Å². The molecule has 1 fully saturated rings. The second-order valence-electron chi connectivity index (χ2n) is 4.84. The molecule has 0 radical (unpaired) electrons. The summed E-state index contributed by atoms with van der Waals surface area (Å²) < 4.78 is 4.91. The SMILES string of the molecule is CCOC(=O)C(C#N)=C1C=C(C)N(C2CC2)C(C)=C1. The van der Waals surface area contributed by atoms with Crippen molar-refractivity contribution in [2.24, 2.45) is 0 Å². The number of nitriles is 1. The van der Waals surface area contributed by atoms with E-state index in [1.807, 2.05) is 32.1 Å². The van der Waals surface area contributed by atoms with E-state index in [2.05, 4.69) is 4.90 Å². The molecule has 2 rings (SSSR count). The number of nitrogens with zero attached hydrogens (tertiary/aromatic N) is 2. The smallest absolute Gasteiger partial charge is 0.349 e. The third kappa shape index (κ3) is 2.70. The van der Waals surface area contributed by atoms with Crippen LogP contribution in [0.2, 0.25) is 0 Å². The zero-order valence-electron chi connectivity index (χ0n) is 11.6. The lowest BCUT2D eigenvalue weighted by Gasteiger charge is -2.29. The largest absolute Gasteiger partial charge is 0.462 e. The van der Waals surface area contributed by atoms with Crippen LogP contribution in [0.25, 0.3) is 0 Å². The maximum atomic E-state index is 11.7. The Morgan fingerprint density at radius 2 is 2.00 bits per heavy atom. The van der Waals surface area contributed by atoms with E-state index in [1.54, 1.807) is 6.92 Å². The molecule has 0 atom stereocenters. The molecule has 0 aromatic heterocycles. The summed E-state index contributed by atoms with van der Waals surface area (Å²) >= 11 is 0. The van der Waals surface area contributed by atoms with E-state index < -0.39 is 5.97 Å². The number of carbonyl (C=O) groups is 1. The van der Waals surface area contributed by atoms with Crippen molar-refractivity contribution in [2.75, 3.05) is 6.61 Å². The van der Waals surface area contributed by atoms with Crippen molar-refractivity contribution in [3.05, 3.63) is 34.7 Å². The molecule has 4 nitrogen and oxygen atoms in total. The van der Waals surface area contributed by atoms with Gasteiger partial charge in [0, 0.05) is 23.0 Å². The van der Waals surface area contributed by atoms with E-state index in [9.17, 15) is 4.79 Å². The highest BCUT2D eigenvalue weighted by Crippen LogP contribution is 2.36. The van der Waals surface area contributed by atoms with Crippen LogP contribution < -0.4 is 0 Å². The molecule has 0 unspecified atom stereocenters. The van der Waals surface area contributed by atoms with Crippen LogP contribution in [0.5, 0.6) is 0 Å². The van der Waals surface area contributed by atoms with Crippen molar-refractivity contribution in [3.63, 3.8) is 0 Å². The Hall–Kier alpha value is -2.02. The Morgan fingerprint density at radius 3 is 2.42 bits per heavy atom. The fraction of sp³-hybridized carbons (Fsp3) is 0.467. The molecule has 1 heterocycles. The molecule has 0 amide bonds. The Morgan fingerprint density at radius 1 is 1.42 bits per heavy atom. The predicted octanol–water partition coefficient (Wildman–Crippen LogP) is 2.66. The molecule has 0 aromatic rings. The minimum atomic E-state index is -0.548. The topological polar surface area (TPSA) is 53.3 Å². The molecule has 0 N–H and O–H groups in total. The number of ether oxygens (including phenoxy) is 1. The van der Waals surface area contributed by atoms with Crippen molar-refractivity contribution in [1.82, 2.24) is 4.90 Å². The van der Waals surface area contributed by atoms with Gasteiger partial charge in [0.05, 0.1) is 6.61 Å². The lowest BCUT2D eigenvalue weighted by Crippen LogP contribution is -2.25. The highest BCUT2D eigenvalue weighted by molar-refractivity contribution is 5.95. The van der Waals surface area contributed by atoms with Gasteiger partial charge in [-0.1, -0.05) is 0 Å². The first-order valence-corrected chi connectivity index (χ1v) is 6.55. The normalized spacial score (nSPS) is 18.4. The van der Waals surface area contributed by atoms with Gasteiger partial charge in [0.25, 0.3) is 0 Å². The zero-order chi connectivity index (χ0) is 14.0. The van der Waals surface area contributed by atoms with Crippen molar-refractivity contribution in [2.45, 2.75) is 39.7 Å². The first-order valence-electron chi connectivity index (χ1n) is 6.55. The van der Waals surface area contributed by atoms with Gasteiger partial charge in [-0.3, -0.25) is 0 Å². The molecule has 1 aliphatic heterocycles. The summed E-state index contributed by atoms with van der Waals surface area (Å²) in [6.45, 7) is 6.02. The van der Waals surface area contributed by atoms with Gasteiger partial charge in [-0.25, -0.2) is 4.79 Å². The van der Waals surface area contributed by atoms with E-state index in [0.29, 0.717) is 11.6 Å². The van der Waals surface area contributed by atoms with Gasteiger partial charge in [0.1, 0.15) is 11.6 Å². The molecule has 0 spiro atoms. The lowest BCUT2D eigenvalue weighted by molar-refractivity contribution is -0.138. The molecule has 19 heavy (non-hydrogen) atoms. The second kappa shape index (κ2) is 5.31. The van der Waals surface area contributed by atoms with Crippen LogP contribution in [0, 0.1) is 11.3 Å². The number of rotatable bonds is 3. The standard InChI is InChI=1S/C15H18N2O2/c1-4-19-15(18)14(9-16)12-7-10(2)17(11(3)8-12)13-5-6-13/h7-8,13H,4-6H2,1-3H3. The quantitative estimate of drug-likeness (QED) is 0.443. The summed E-state index contributed by atoms with van der Waals surface area (Å²) in [5.41, 5.74) is 2.88. The van der Waals surface area contributed by atoms with Crippen LogP contribution in [-0.4, -0.2) is 23.5 Å². The van der Waals surface area contributed by atoms with Crippen molar-refractivity contribution in [1.29, 1.82) is 5.26 Å². The summed E-state index contributed by atoms with van der Waals surface area (Å²) in [5.74, 6) is -0.548. The van der Waals surface area contributed by atoms with Gasteiger partial charge in [-0.15, -0.1) is 0 Å². The molecule has 100 valence electrons. The van der Waals surface area contributed by atoms with Crippen molar-refractivity contribution < 1.29 is 9.53 Å². The van der Waals surface area contributed by atoms with Gasteiger partial charge < -0.3 is 9.64 Å². The van der Waals surface area contributed by atoms with Gasteiger partial charge >= 0.3 is 5.97 Å². The fourth-order valence-corrected chi connectivity index (χ4v) is 2.39. The molecule has 0 aromatic carbocycles. The number of hydrogen-bond acceptors (Lipinski definition) is 4. The maximum Gasteiger partial charge on any atom is 0.349 e. The number of esters is 1. The first-order chi connectivity index (χ1) is 9.08. The summed E-state index contributed by atoms with van der Waals surface area (Å²) in [4.78, 5) is 14.0. The highest BCUT2D eigenvalue weighted by Gasteiger charge is 2.32. The van der Waals surface area contributed by atoms with Crippen LogP contribution in [-0.2, 0) is 9.53 Å². The molecule has 0 saturated heterocycles. The van der Waals surface area contributed by atoms with Gasteiger partial charge in [0.2, 0.25) is 0 Å². The molecule has 1 saturated carbocycles. The van der Waals surface area contributed by atoms with Crippen LogP contribution in [0.4, 0.5) is 0 Å². The van der Waals surface area contributed by atoms with Crippen LogP contribution in [0.15, 0.2) is 34.7 Å². The minimum absolute atomic E-state index is 0.0796. The molecule has 0 bridgehead atoms. The Bertz CT molecular complexity index is 509. The van der Waals surface area contributed by atoms with E-state index in [1.165, 1.54) is 12.8 Å². The molecular formula is C15H18N2O2. The zero-order valence-corrected chi connectivity index (χ0v) is 11.6. The highest BCUT2D eigenvalue weighted by atomic mass is 16.5. The van der Waals surface area contributed by atoms with Gasteiger partial charge in [0.15, 0.2) is 0 Å². The summed E-state index contributed by atoms with van der Waals surface area (Å²) in [5, 5.41) is 9.15. The van der Waals surface area contributed by atoms with Crippen LogP contribution in [0.3, 0.4) is 0 Å². The maximum absolute atomic E-state index is 11.7. The number of carbonyl (C=O) groups excluding carboxylic acids is 1. The van der Waals surface area contributed by atoms with Gasteiger partial charge in [-0.2, -0.15) is 5.26 Å².